The molecule has 0 aromatic heterocycles. The number of ether oxygens (including phenoxy) is 1. The molecule has 0 aliphatic carbocycles. The van der Waals surface area contributed by atoms with Gasteiger partial charge >= 0.3 is 5.97 Å². The average Bonchev–Trinajstić information content (AvgIpc) is 2.97. The Morgan fingerprint density at radius 3 is 2.81 bits per heavy atom. The van der Waals surface area contributed by atoms with Gasteiger partial charge in [0.1, 0.15) is 0 Å². The molecule has 2 aliphatic heterocycles. The van der Waals surface area contributed by atoms with Crippen LogP contribution in [0.4, 0.5) is 0 Å². The van der Waals surface area contributed by atoms with Crippen molar-refractivity contribution < 1.29 is 9.53 Å². The first-order chi connectivity index (χ1) is 7.81. The highest BCUT2D eigenvalue weighted by atomic mass is 32.2. The fraction of sp³-hybridized carbons (Fsp3) is 0.917. The second kappa shape index (κ2) is 5.92. The SMILES string of the molecule is COC(=O)C(CN1CCCC1)C1CCSC1. The highest BCUT2D eigenvalue weighted by molar-refractivity contribution is 7.99. The standard InChI is InChI=1S/C12H21NO2S/c1-15-12(14)11(10-4-7-16-9-10)8-13-5-2-3-6-13/h10-11H,2-9H2,1H3. The first-order valence-electron chi connectivity index (χ1n) is 6.19. The minimum absolute atomic E-state index is 0.000556. The molecule has 16 heavy (non-hydrogen) atoms. The van der Waals surface area contributed by atoms with Crippen LogP contribution in [0.15, 0.2) is 0 Å². The molecule has 0 aromatic rings. The van der Waals surface area contributed by atoms with Gasteiger partial charge in [0.25, 0.3) is 0 Å². The molecule has 0 aromatic carbocycles. The Balaban J connectivity index is 1.92. The average molecular weight is 243 g/mol. The lowest BCUT2D eigenvalue weighted by Gasteiger charge is -2.25. The van der Waals surface area contributed by atoms with E-state index in [1.165, 1.54) is 32.1 Å². The lowest BCUT2D eigenvalue weighted by molar-refractivity contribution is -0.147. The maximum atomic E-state index is 11.8. The summed E-state index contributed by atoms with van der Waals surface area (Å²) in [5.41, 5.74) is 0. The first kappa shape index (κ1) is 12.2. The zero-order valence-electron chi connectivity index (χ0n) is 9.98. The molecule has 2 rings (SSSR count). The summed E-state index contributed by atoms with van der Waals surface area (Å²) in [6, 6.07) is 0. The lowest BCUT2D eigenvalue weighted by Crippen LogP contribution is -2.36. The number of hydrogen-bond donors (Lipinski definition) is 0. The Hall–Kier alpha value is -0.220. The van der Waals surface area contributed by atoms with Crippen molar-refractivity contribution in [3.05, 3.63) is 0 Å². The van der Waals surface area contributed by atoms with Crippen LogP contribution in [0.5, 0.6) is 0 Å². The number of hydrogen-bond acceptors (Lipinski definition) is 4. The molecule has 2 heterocycles. The van der Waals surface area contributed by atoms with Gasteiger partial charge in [-0.15, -0.1) is 0 Å². The van der Waals surface area contributed by atoms with Crippen molar-refractivity contribution in [2.24, 2.45) is 11.8 Å². The largest absolute Gasteiger partial charge is 0.469 e. The molecule has 0 N–H and O–H groups in total. The third-order valence-corrected chi connectivity index (χ3v) is 4.88. The van der Waals surface area contributed by atoms with Crippen LogP contribution < -0.4 is 0 Å². The van der Waals surface area contributed by atoms with Crippen molar-refractivity contribution in [1.82, 2.24) is 4.90 Å². The summed E-state index contributed by atoms with van der Waals surface area (Å²) in [6.45, 7) is 3.23. The Bertz CT molecular complexity index is 235. The van der Waals surface area contributed by atoms with Gasteiger partial charge in [0.15, 0.2) is 0 Å². The highest BCUT2D eigenvalue weighted by Gasteiger charge is 2.33. The van der Waals surface area contributed by atoms with Gasteiger partial charge in [-0.1, -0.05) is 0 Å². The molecule has 0 radical (unpaired) electrons. The van der Waals surface area contributed by atoms with Gasteiger partial charge < -0.3 is 9.64 Å². The van der Waals surface area contributed by atoms with E-state index in [0.717, 1.165) is 25.4 Å². The number of rotatable bonds is 4. The minimum atomic E-state index is -0.000556. The smallest absolute Gasteiger partial charge is 0.310 e. The topological polar surface area (TPSA) is 29.5 Å². The van der Waals surface area contributed by atoms with Crippen LogP contribution >= 0.6 is 11.8 Å². The van der Waals surface area contributed by atoms with E-state index in [0.29, 0.717) is 5.92 Å². The Kier molecular flexibility index (Phi) is 4.53. The monoisotopic (exact) mass is 243 g/mol. The van der Waals surface area contributed by atoms with Crippen molar-refractivity contribution in [2.45, 2.75) is 19.3 Å². The molecule has 2 atom stereocenters. The zero-order chi connectivity index (χ0) is 11.4. The summed E-state index contributed by atoms with van der Waals surface area (Å²) in [4.78, 5) is 14.2. The summed E-state index contributed by atoms with van der Waals surface area (Å²) in [5, 5.41) is 0. The van der Waals surface area contributed by atoms with E-state index < -0.39 is 0 Å². The number of thioether (sulfide) groups is 1. The summed E-state index contributed by atoms with van der Waals surface area (Å²) in [6.07, 6.45) is 3.75. The van der Waals surface area contributed by atoms with E-state index in [4.69, 9.17) is 4.74 Å². The molecule has 0 bridgehead atoms. The molecule has 92 valence electrons. The van der Waals surface area contributed by atoms with Crippen LogP contribution in [0.3, 0.4) is 0 Å². The van der Waals surface area contributed by atoms with Gasteiger partial charge in [0.2, 0.25) is 0 Å². The number of esters is 1. The molecular formula is C12H21NO2S. The fourth-order valence-electron chi connectivity index (χ4n) is 2.68. The van der Waals surface area contributed by atoms with Crippen molar-refractivity contribution in [1.29, 1.82) is 0 Å². The third-order valence-electron chi connectivity index (χ3n) is 3.69. The van der Waals surface area contributed by atoms with E-state index in [1.807, 2.05) is 11.8 Å². The molecular weight excluding hydrogens is 222 g/mol. The Morgan fingerprint density at radius 1 is 1.50 bits per heavy atom. The zero-order valence-corrected chi connectivity index (χ0v) is 10.8. The fourth-order valence-corrected chi connectivity index (χ4v) is 4.02. The summed E-state index contributed by atoms with van der Waals surface area (Å²) in [5.74, 6) is 2.99. The number of methoxy groups -OCH3 is 1. The quantitative estimate of drug-likeness (QED) is 0.702. The Morgan fingerprint density at radius 2 is 2.25 bits per heavy atom. The molecule has 0 amide bonds. The van der Waals surface area contributed by atoms with Crippen LogP contribution in [-0.4, -0.2) is 49.1 Å². The van der Waals surface area contributed by atoms with Gasteiger partial charge in [-0.3, -0.25) is 4.79 Å². The molecule has 0 saturated carbocycles. The van der Waals surface area contributed by atoms with Crippen molar-refractivity contribution in [3.63, 3.8) is 0 Å². The van der Waals surface area contributed by atoms with E-state index in [-0.39, 0.29) is 11.9 Å². The van der Waals surface area contributed by atoms with Gasteiger partial charge in [-0.25, -0.2) is 0 Å². The highest BCUT2D eigenvalue weighted by Crippen LogP contribution is 2.31. The van der Waals surface area contributed by atoms with Gasteiger partial charge in [-0.05, 0) is 49.8 Å². The summed E-state index contributed by atoms with van der Waals surface area (Å²) < 4.78 is 4.96. The van der Waals surface area contributed by atoms with Crippen LogP contribution in [-0.2, 0) is 9.53 Å². The number of carbonyl (C=O) groups is 1. The molecule has 2 unspecified atom stereocenters. The predicted molar refractivity (Wildman–Crippen MR) is 66.6 cm³/mol. The lowest BCUT2D eigenvalue weighted by atomic mass is 9.91. The maximum Gasteiger partial charge on any atom is 0.310 e. The Labute approximate surface area is 102 Å². The van der Waals surface area contributed by atoms with Crippen LogP contribution in [0.2, 0.25) is 0 Å². The van der Waals surface area contributed by atoms with Gasteiger partial charge in [-0.2, -0.15) is 11.8 Å². The number of carbonyl (C=O) groups excluding carboxylic acids is 1. The molecule has 2 aliphatic rings. The normalized spacial score (nSPS) is 28.2. The van der Waals surface area contributed by atoms with E-state index >= 15 is 0 Å². The molecule has 2 fully saturated rings. The minimum Gasteiger partial charge on any atom is -0.469 e. The van der Waals surface area contributed by atoms with E-state index in [9.17, 15) is 4.79 Å². The van der Waals surface area contributed by atoms with E-state index in [2.05, 4.69) is 4.90 Å². The number of likely N-dealkylation sites (tertiary alicyclic amines) is 1. The molecule has 4 heteroatoms. The van der Waals surface area contributed by atoms with Crippen molar-refractivity contribution in [3.8, 4) is 0 Å². The predicted octanol–water partition coefficient (Wildman–Crippen LogP) is 1.62. The van der Waals surface area contributed by atoms with Crippen molar-refractivity contribution in [2.75, 3.05) is 38.2 Å². The van der Waals surface area contributed by atoms with E-state index in [1.54, 1.807) is 0 Å². The maximum absolute atomic E-state index is 11.8. The van der Waals surface area contributed by atoms with Gasteiger partial charge in [0, 0.05) is 6.54 Å². The summed E-state index contributed by atoms with van der Waals surface area (Å²) >= 11 is 1.97. The second-order valence-corrected chi connectivity index (χ2v) is 5.91. The third kappa shape index (κ3) is 2.92. The van der Waals surface area contributed by atoms with Crippen LogP contribution in [0, 0.1) is 11.8 Å². The number of nitrogens with zero attached hydrogens (tertiary/aromatic N) is 1. The summed E-state index contributed by atoms with van der Waals surface area (Å²) in [7, 11) is 1.52. The first-order valence-corrected chi connectivity index (χ1v) is 7.34. The van der Waals surface area contributed by atoms with Crippen LogP contribution in [0.25, 0.3) is 0 Å². The van der Waals surface area contributed by atoms with Crippen LogP contribution in [0.1, 0.15) is 19.3 Å². The molecule has 0 spiro atoms. The van der Waals surface area contributed by atoms with Crippen molar-refractivity contribution >= 4 is 17.7 Å². The molecule has 2 saturated heterocycles. The second-order valence-electron chi connectivity index (χ2n) is 4.76. The van der Waals surface area contributed by atoms with Gasteiger partial charge in [0.05, 0.1) is 13.0 Å². The molecule has 3 nitrogen and oxygen atoms in total.